The maximum atomic E-state index is 10.1. The summed E-state index contributed by atoms with van der Waals surface area (Å²) in [5.74, 6) is 0. The molecule has 0 spiro atoms. The number of hydrogen-bond acceptors (Lipinski definition) is 3. The molecule has 44 valence electrons. The van der Waals surface area contributed by atoms with E-state index in [0.717, 1.165) is 0 Å². The first-order chi connectivity index (χ1) is 3.12. The predicted molar refractivity (Wildman–Crippen MR) is 29.5 cm³/mol. The maximum Gasteiger partial charge on any atom is 0.271 e. The van der Waals surface area contributed by atoms with Crippen molar-refractivity contribution in [1.82, 2.24) is 4.72 Å². The minimum absolute atomic E-state index is 0.383. The highest BCUT2D eigenvalue weighted by molar-refractivity contribution is 8.55. The largest absolute Gasteiger partial charge is 0.271 e. The third-order valence-corrected chi connectivity index (χ3v) is 2.40. The summed E-state index contributed by atoms with van der Waals surface area (Å²) in [6.45, 7) is 0. The minimum Gasteiger partial charge on any atom is -0.267 e. The van der Waals surface area contributed by atoms with Gasteiger partial charge in [0.05, 0.1) is 0 Å². The first-order valence-corrected chi connectivity index (χ1v) is 4.43. The van der Waals surface area contributed by atoms with E-state index in [2.05, 4.69) is 0 Å². The Morgan fingerprint density at radius 3 is 2.14 bits per heavy atom. The molecule has 0 aromatic carbocycles. The fourth-order valence-corrected chi connectivity index (χ4v) is 0.411. The molecule has 0 aliphatic rings. The molecule has 7 heavy (non-hydrogen) atoms. The molecule has 0 amide bonds. The summed E-state index contributed by atoms with van der Waals surface area (Å²) >= 11 is 0. The Bertz CT molecular complexity index is 147. The second-order valence-electron chi connectivity index (χ2n) is 0.770. The summed E-state index contributed by atoms with van der Waals surface area (Å²) in [5.41, 5.74) is 0. The van der Waals surface area contributed by atoms with E-state index in [1.807, 2.05) is 4.72 Å². The second-order valence-corrected chi connectivity index (χ2v) is 4.30. The Balaban J connectivity index is 4.17. The number of thiol groups is 1. The lowest BCUT2D eigenvalue weighted by atomic mass is 11.6. The number of rotatable bonds is 2. The molecule has 2 N–H and O–H groups in total. The zero-order chi connectivity index (χ0) is 5.91. The Morgan fingerprint density at radius 2 is 2.14 bits per heavy atom. The van der Waals surface area contributed by atoms with Gasteiger partial charge in [-0.3, -0.25) is 4.78 Å². The van der Waals surface area contributed by atoms with E-state index in [1.165, 1.54) is 7.05 Å². The van der Waals surface area contributed by atoms with Gasteiger partial charge in [-0.05, 0) is 7.05 Å². The van der Waals surface area contributed by atoms with Crippen LogP contribution >= 0.6 is 0 Å². The van der Waals surface area contributed by atoms with Gasteiger partial charge < -0.3 is 0 Å². The van der Waals surface area contributed by atoms with Crippen LogP contribution in [-0.4, -0.2) is 15.5 Å². The molecule has 0 aromatic rings. The molecule has 0 bridgehead atoms. The van der Waals surface area contributed by atoms with E-state index in [9.17, 15) is 8.42 Å². The molecule has 0 rings (SSSR count). The standard InChI is InChI=1S/CH6N2O2S2/c1-3-7(4,5)6-2/h2-3,6H,1H3. The summed E-state index contributed by atoms with van der Waals surface area (Å²) in [4.78, 5) is 0. The predicted octanol–water partition coefficient (Wildman–Crippen LogP) is -0.972. The summed E-state index contributed by atoms with van der Waals surface area (Å²) in [5, 5.41) is 0. The molecular weight excluding hydrogens is 136 g/mol. The van der Waals surface area contributed by atoms with Crippen LogP contribution in [0.5, 0.6) is 0 Å². The van der Waals surface area contributed by atoms with Crippen LogP contribution in [0.25, 0.3) is 0 Å². The molecule has 0 aliphatic heterocycles. The molecule has 0 aromatic heterocycles. The highest BCUT2D eigenvalue weighted by Gasteiger charge is 1.94. The summed E-state index contributed by atoms with van der Waals surface area (Å²) in [6.07, 6.45) is 0. The van der Waals surface area contributed by atoms with Crippen molar-refractivity contribution in [1.29, 1.82) is 4.78 Å². The molecule has 0 aliphatic carbocycles. The summed E-state index contributed by atoms with van der Waals surface area (Å²) in [6, 6.07) is 0. The normalized spacial score (nSPS) is 11.6. The van der Waals surface area contributed by atoms with E-state index < -0.39 is 9.06 Å². The Morgan fingerprint density at radius 1 is 1.71 bits per heavy atom. The Hall–Kier alpha value is 0.0600. The molecule has 0 radical (unpaired) electrons. The van der Waals surface area contributed by atoms with Crippen LogP contribution in [0.15, 0.2) is 0 Å². The molecule has 0 fully saturated rings. The van der Waals surface area contributed by atoms with Crippen LogP contribution in [0.2, 0.25) is 0 Å². The van der Waals surface area contributed by atoms with Gasteiger partial charge in [0, 0.05) is 10.6 Å². The van der Waals surface area contributed by atoms with Crippen molar-refractivity contribution < 1.29 is 8.42 Å². The van der Waals surface area contributed by atoms with E-state index in [1.54, 1.807) is 0 Å². The minimum atomic E-state index is -3.27. The van der Waals surface area contributed by atoms with Gasteiger partial charge >= 0.3 is 0 Å². The molecular formula is CH6N2O2S2. The van der Waals surface area contributed by atoms with Gasteiger partial charge in [-0.2, -0.15) is 8.42 Å². The molecule has 4 nitrogen and oxygen atoms in total. The maximum absolute atomic E-state index is 10.1. The molecule has 0 saturated carbocycles. The zero-order valence-electron chi connectivity index (χ0n) is 3.67. The zero-order valence-corrected chi connectivity index (χ0v) is 5.38. The molecule has 6 heteroatoms. The van der Waals surface area contributed by atoms with Gasteiger partial charge in [0.25, 0.3) is 9.06 Å². The van der Waals surface area contributed by atoms with Crippen molar-refractivity contribution in [3.05, 3.63) is 0 Å². The van der Waals surface area contributed by atoms with Crippen LogP contribution in [0.3, 0.4) is 0 Å². The smallest absolute Gasteiger partial charge is 0.267 e. The van der Waals surface area contributed by atoms with Gasteiger partial charge in [0.15, 0.2) is 0 Å². The average molecular weight is 142 g/mol. The third-order valence-electron chi connectivity index (χ3n) is 0.378. The fourth-order valence-electron chi connectivity index (χ4n) is 0.0456. The van der Waals surface area contributed by atoms with Crippen molar-refractivity contribution in [2.24, 2.45) is 0 Å². The van der Waals surface area contributed by atoms with E-state index >= 15 is 0 Å². The molecule has 0 saturated heterocycles. The van der Waals surface area contributed by atoms with E-state index in [0.29, 0.717) is 0 Å². The second kappa shape index (κ2) is 2.39. The van der Waals surface area contributed by atoms with E-state index in [-0.39, 0.29) is 10.6 Å². The van der Waals surface area contributed by atoms with Crippen LogP contribution in [-0.2, 0) is 19.6 Å². The number of nitrogens with one attached hydrogen (secondary N) is 2. The van der Waals surface area contributed by atoms with Crippen molar-refractivity contribution in [2.75, 3.05) is 7.05 Å². The van der Waals surface area contributed by atoms with Crippen molar-refractivity contribution >= 4 is 19.6 Å². The fraction of sp³-hybridized carbons (Fsp3) is 1.00. The SMILES string of the molecule is CNS(=O)(=O)[SH]=N. The lowest BCUT2D eigenvalue weighted by molar-refractivity contribution is 0.603. The van der Waals surface area contributed by atoms with E-state index in [4.69, 9.17) is 4.78 Å². The quantitative estimate of drug-likeness (QED) is 0.343. The van der Waals surface area contributed by atoms with Crippen molar-refractivity contribution in [2.45, 2.75) is 0 Å². The molecule has 0 unspecified atom stereocenters. The van der Waals surface area contributed by atoms with Crippen molar-refractivity contribution in [3.63, 3.8) is 0 Å². The van der Waals surface area contributed by atoms with Crippen LogP contribution in [0, 0.1) is 4.78 Å². The van der Waals surface area contributed by atoms with Crippen LogP contribution in [0.1, 0.15) is 0 Å². The lowest BCUT2D eigenvalue weighted by Crippen LogP contribution is -2.15. The number of hydrogen-bond donors (Lipinski definition) is 3. The molecule has 0 heterocycles. The van der Waals surface area contributed by atoms with Gasteiger partial charge in [0.2, 0.25) is 0 Å². The lowest BCUT2D eigenvalue weighted by Gasteiger charge is -1.86. The molecule has 0 atom stereocenters. The van der Waals surface area contributed by atoms with Gasteiger partial charge in [-0.1, -0.05) is 0 Å². The van der Waals surface area contributed by atoms with Crippen molar-refractivity contribution in [3.8, 4) is 0 Å². The average Bonchev–Trinajstić information content (AvgIpc) is 1.68. The summed E-state index contributed by atoms with van der Waals surface area (Å²) in [7, 11) is -2.38. The Labute approximate surface area is 45.3 Å². The van der Waals surface area contributed by atoms with Gasteiger partial charge in [-0.15, -0.1) is 0 Å². The Kier molecular flexibility index (Phi) is 2.41. The highest BCUT2D eigenvalue weighted by Crippen LogP contribution is 1.72. The van der Waals surface area contributed by atoms with Crippen LogP contribution in [0.4, 0.5) is 0 Å². The third kappa shape index (κ3) is 2.72. The summed E-state index contributed by atoms with van der Waals surface area (Å²) < 4.78 is 28.4. The first-order valence-electron chi connectivity index (χ1n) is 1.44. The highest BCUT2D eigenvalue weighted by atomic mass is 33.1. The van der Waals surface area contributed by atoms with Gasteiger partial charge in [-0.25, -0.2) is 4.72 Å². The van der Waals surface area contributed by atoms with Crippen LogP contribution < -0.4 is 4.72 Å². The topological polar surface area (TPSA) is 70.0 Å². The monoisotopic (exact) mass is 142 g/mol. The van der Waals surface area contributed by atoms with Gasteiger partial charge in [0.1, 0.15) is 0 Å². The first kappa shape index (κ1) is 7.06.